The van der Waals surface area contributed by atoms with Crippen molar-refractivity contribution >= 4 is 16.7 Å². The molecule has 1 aliphatic rings. The number of pyridine rings is 1. The van der Waals surface area contributed by atoms with Crippen molar-refractivity contribution in [3.05, 3.63) is 71.3 Å². The van der Waals surface area contributed by atoms with E-state index in [2.05, 4.69) is 40.8 Å². The number of benzene rings is 2. The molecular formula is C21H15N3. The number of nitriles is 1. The molecule has 4 aromatic rings. The normalized spacial score (nSPS) is 13.3. The summed E-state index contributed by atoms with van der Waals surface area (Å²) in [5, 5.41) is 9.78. The molecule has 0 N–H and O–H groups in total. The van der Waals surface area contributed by atoms with Crippen LogP contribution in [0.2, 0.25) is 0 Å². The molecule has 0 atom stereocenters. The van der Waals surface area contributed by atoms with Gasteiger partial charge in [0, 0.05) is 0 Å². The third-order valence-electron chi connectivity index (χ3n) is 4.97. The maximum atomic E-state index is 9.78. The van der Waals surface area contributed by atoms with E-state index in [0.717, 1.165) is 41.5 Å². The van der Waals surface area contributed by atoms with Gasteiger partial charge in [-0.2, -0.15) is 5.26 Å². The third kappa shape index (κ3) is 1.68. The number of rotatable bonds is 1. The Bertz CT molecular complexity index is 1130. The van der Waals surface area contributed by atoms with E-state index < -0.39 is 0 Å². The van der Waals surface area contributed by atoms with Gasteiger partial charge in [-0.1, -0.05) is 42.5 Å². The van der Waals surface area contributed by atoms with Crippen molar-refractivity contribution in [1.29, 1.82) is 5.26 Å². The number of para-hydroxylation sites is 2. The lowest BCUT2D eigenvalue weighted by atomic mass is 9.99. The van der Waals surface area contributed by atoms with E-state index in [9.17, 15) is 5.26 Å². The van der Waals surface area contributed by atoms with E-state index in [1.807, 2.05) is 24.3 Å². The summed E-state index contributed by atoms with van der Waals surface area (Å²) in [6.07, 6.45) is 3.10. The molecule has 0 aliphatic heterocycles. The van der Waals surface area contributed by atoms with E-state index in [1.54, 1.807) is 0 Å². The topological polar surface area (TPSA) is 41.1 Å². The summed E-state index contributed by atoms with van der Waals surface area (Å²) in [6.45, 7) is 0. The minimum atomic E-state index is 0.749. The SMILES string of the molecule is N#Cc1c2c(c(-c3ccccc3)n3c1nc1ccccc13)CCC2. The van der Waals surface area contributed by atoms with E-state index in [4.69, 9.17) is 4.98 Å². The predicted molar refractivity (Wildman–Crippen MR) is 94.9 cm³/mol. The lowest BCUT2D eigenvalue weighted by Gasteiger charge is -2.14. The Morgan fingerprint density at radius 1 is 0.917 bits per heavy atom. The second-order valence-corrected chi connectivity index (χ2v) is 6.27. The van der Waals surface area contributed by atoms with Gasteiger partial charge in [-0.15, -0.1) is 0 Å². The van der Waals surface area contributed by atoms with Crippen molar-refractivity contribution in [2.24, 2.45) is 0 Å². The summed E-state index contributed by atoms with van der Waals surface area (Å²) >= 11 is 0. The number of hydrogen-bond acceptors (Lipinski definition) is 2. The van der Waals surface area contributed by atoms with Gasteiger partial charge in [0.15, 0.2) is 5.65 Å². The number of nitrogens with zero attached hydrogens (tertiary/aromatic N) is 3. The van der Waals surface area contributed by atoms with Crippen molar-refractivity contribution in [3.8, 4) is 17.3 Å². The molecule has 0 spiro atoms. The smallest absolute Gasteiger partial charge is 0.156 e. The first-order chi connectivity index (χ1) is 11.9. The van der Waals surface area contributed by atoms with Crippen LogP contribution in [0.5, 0.6) is 0 Å². The van der Waals surface area contributed by atoms with Crippen LogP contribution in [0, 0.1) is 11.3 Å². The van der Waals surface area contributed by atoms with Gasteiger partial charge in [0.25, 0.3) is 0 Å². The zero-order chi connectivity index (χ0) is 16.1. The molecule has 0 radical (unpaired) electrons. The molecule has 3 heteroatoms. The molecule has 0 unspecified atom stereocenters. The summed E-state index contributed by atoms with van der Waals surface area (Å²) in [6, 6.07) is 21.0. The number of hydrogen-bond donors (Lipinski definition) is 0. The first kappa shape index (κ1) is 13.3. The van der Waals surface area contributed by atoms with E-state index in [-0.39, 0.29) is 0 Å². The summed E-state index contributed by atoms with van der Waals surface area (Å²) in [5.41, 5.74) is 8.44. The first-order valence-corrected chi connectivity index (χ1v) is 8.29. The zero-order valence-corrected chi connectivity index (χ0v) is 13.2. The molecule has 0 saturated heterocycles. The lowest BCUT2D eigenvalue weighted by molar-refractivity contribution is 0.910. The van der Waals surface area contributed by atoms with Crippen LogP contribution in [0.15, 0.2) is 54.6 Å². The van der Waals surface area contributed by atoms with Gasteiger partial charge in [-0.25, -0.2) is 4.98 Å². The van der Waals surface area contributed by atoms with Gasteiger partial charge in [0.05, 0.1) is 22.3 Å². The molecular weight excluding hydrogens is 294 g/mol. The molecule has 0 fully saturated rings. The van der Waals surface area contributed by atoms with Crippen molar-refractivity contribution in [2.45, 2.75) is 19.3 Å². The fraction of sp³-hybridized carbons (Fsp3) is 0.143. The van der Waals surface area contributed by atoms with E-state index in [1.165, 1.54) is 22.4 Å². The van der Waals surface area contributed by atoms with Gasteiger partial charge < -0.3 is 0 Å². The Hall–Kier alpha value is -3.12. The number of aromatic nitrogens is 2. The fourth-order valence-electron chi connectivity index (χ4n) is 3.99. The average molecular weight is 309 g/mol. The third-order valence-corrected chi connectivity index (χ3v) is 4.97. The van der Waals surface area contributed by atoms with Crippen LogP contribution >= 0.6 is 0 Å². The quantitative estimate of drug-likeness (QED) is 0.519. The van der Waals surface area contributed by atoms with Crippen molar-refractivity contribution in [2.75, 3.05) is 0 Å². The Morgan fingerprint density at radius 3 is 2.50 bits per heavy atom. The maximum absolute atomic E-state index is 9.78. The van der Waals surface area contributed by atoms with Crippen LogP contribution in [0.3, 0.4) is 0 Å². The van der Waals surface area contributed by atoms with Crippen LogP contribution in [-0.4, -0.2) is 9.38 Å². The highest BCUT2D eigenvalue weighted by atomic mass is 15.0. The molecule has 5 rings (SSSR count). The molecule has 2 aromatic carbocycles. The van der Waals surface area contributed by atoms with Crippen LogP contribution in [-0.2, 0) is 12.8 Å². The first-order valence-electron chi connectivity index (χ1n) is 8.29. The highest BCUT2D eigenvalue weighted by Gasteiger charge is 2.26. The van der Waals surface area contributed by atoms with Gasteiger partial charge in [-0.05, 0) is 48.1 Å². The Balaban J connectivity index is 2.06. The molecule has 0 amide bonds. The summed E-state index contributed by atoms with van der Waals surface area (Å²) in [7, 11) is 0. The molecule has 0 saturated carbocycles. The van der Waals surface area contributed by atoms with Gasteiger partial charge >= 0.3 is 0 Å². The lowest BCUT2D eigenvalue weighted by Crippen LogP contribution is -2.03. The standard InChI is InChI=1S/C21H15N3/c22-13-17-15-9-6-10-16(15)20(14-7-2-1-3-8-14)24-19-12-5-4-11-18(19)23-21(17)24/h1-5,7-8,11-12H,6,9-10H2. The number of imidazole rings is 1. The summed E-state index contributed by atoms with van der Waals surface area (Å²) in [5.74, 6) is 0. The maximum Gasteiger partial charge on any atom is 0.156 e. The largest absolute Gasteiger partial charge is 0.291 e. The summed E-state index contributed by atoms with van der Waals surface area (Å²) < 4.78 is 2.19. The molecule has 0 bridgehead atoms. The predicted octanol–water partition coefficient (Wildman–Crippen LogP) is 4.51. The Labute approximate surface area is 139 Å². The fourth-order valence-corrected chi connectivity index (χ4v) is 3.99. The minimum Gasteiger partial charge on any atom is -0.291 e. The highest BCUT2D eigenvalue weighted by Crippen LogP contribution is 2.38. The van der Waals surface area contributed by atoms with Gasteiger partial charge in [0.1, 0.15) is 6.07 Å². The second-order valence-electron chi connectivity index (χ2n) is 6.27. The van der Waals surface area contributed by atoms with Gasteiger partial charge in [-0.3, -0.25) is 4.40 Å². The molecule has 2 aromatic heterocycles. The summed E-state index contributed by atoms with van der Waals surface area (Å²) in [4.78, 5) is 4.79. The van der Waals surface area contributed by atoms with Crippen LogP contribution in [0.4, 0.5) is 0 Å². The molecule has 3 nitrogen and oxygen atoms in total. The van der Waals surface area contributed by atoms with Crippen molar-refractivity contribution in [1.82, 2.24) is 9.38 Å². The van der Waals surface area contributed by atoms with Gasteiger partial charge in [0.2, 0.25) is 0 Å². The molecule has 1 aliphatic carbocycles. The Kier molecular flexibility index (Phi) is 2.74. The van der Waals surface area contributed by atoms with Crippen molar-refractivity contribution in [3.63, 3.8) is 0 Å². The monoisotopic (exact) mass is 309 g/mol. The zero-order valence-electron chi connectivity index (χ0n) is 13.2. The van der Waals surface area contributed by atoms with Crippen molar-refractivity contribution < 1.29 is 0 Å². The molecule has 2 heterocycles. The van der Waals surface area contributed by atoms with Crippen LogP contribution in [0.1, 0.15) is 23.1 Å². The minimum absolute atomic E-state index is 0.749. The van der Waals surface area contributed by atoms with E-state index in [0.29, 0.717) is 0 Å². The van der Waals surface area contributed by atoms with Crippen LogP contribution in [0.25, 0.3) is 27.9 Å². The Morgan fingerprint density at radius 2 is 1.67 bits per heavy atom. The highest BCUT2D eigenvalue weighted by molar-refractivity contribution is 5.88. The molecule has 24 heavy (non-hydrogen) atoms. The average Bonchev–Trinajstić information content (AvgIpc) is 3.25. The van der Waals surface area contributed by atoms with E-state index >= 15 is 0 Å². The molecule has 114 valence electrons. The number of fused-ring (bicyclic) bond motifs is 4. The van der Waals surface area contributed by atoms with Crippen LogP contribution < -0.4 is 0 Å². The second kappa shape index (κ2) is 4.94.